The van der Waals surface area contributed by atoms with Crippen molar-refractivity contribution in [3.63, 3.8) is 0 Å². The van der Waals surface area contributed by atoms with Gasteiger partial charge >= 0.3 is 0 Å². The molecule has 1 N–H and O–H groups in total. The Balaban J connectivity index is 1.47. The molecule has 2 aromatic carbocycles. The number of nitrogens with one attached hydrogen (secondary N) is 1. The van der Waals surface area contributed by atoms with E-state index in [2.05, 4.69) is 28.5 Å². The van der Waals surface area contributed by atoms with Gasteiger partial charge in [-0.1, -0.05) is 48.5 Å². The van der Waals surface area contributed by atoms with E-state index in [0.717, 1.165) is 35.9 Å². The zero-order chi connectivity index (χ0) is 17.1. The standard InChI is InChI=1S/C22H20N2O/c25-22(24-21-11-5-8-16-6-1-3-9-19(16)21)15-14-18-13-12-17-7-2-4-10-20(17)23-18/h1-4,6-7,9-10,12-15,21H,5,8,11H2,(H,24,25)/b15-14+/t21-/m0/s1. The lowest BCUT2D eigenvalue weighted by Crippen LogP contribution is -2.29. The first-order chi connectivity index (χ1) is 12.3. The number of nitrogens with zero attached hydrogens (tertiary/aromatic N) is 1. The molecule has 0 saturated carbocycles. The van der Waals surface area contributed by atoms with Gasteiger partial charge in [0.15, 0.2) is 0 Å². The average Bonchev–Trinajstić information content (AvgIpc) is 2.66. The molecule has 25 heavy (non-hydrogen) atoms. The maximum absolute atomic E-state index is 12.3. The first-order valence-corrected chi connectivity index (χ1v) is 8.72. The molecule has 0 saturated heterocycles. The van der Waals surface area contributed by atoms with Crippen LogP contribution < -0.4 is 5.32 Å². The lowest BCUT2D eigenvalue weighted by atomic mass is 9.88. The lowest BCUT2D eigenvalue weighted by Gasteiger charge is -2.25. The summed E-state index contributed by atoms with van der Waals surface area (Å²) in [6.07, 6.45) is 6.55. The predicted molar refractivity (Wildman–Crippen MR) is 101 cm³/mol. The van der Waals surface area contributed by atoms with Gasteiger partial charge in [0.05, 0.1) is 17.3 Å². The Hall–Kier alpha value is -2.94. The maximum Gasteiger partial charge on any atom is 0.244 e. The van der Waals surface area contributed by atoms with Crippen molar-refractivity contribution in [2.45, 2.75) is 25.3 Å². The molecule has 0 bridgehead atoms. The minimum absolute atomic E-state index is 0.0725. The second-order valence-corrected chi connectivity index (χ2v) is 6.41. The normalized spacial score (nSPS) is 16.7. The van der Waals surface area contributed by atoms with Crippen LogP contribution in [0, 0.1) is 0 Å². The van der Waals surface area contributed by atoms with E-state index in [4.69, 9.17) is 0 Å². The number of hydrogen-bond donors (Lipinski definition) is 1. The maximum atomic E-state index is 12.3. The quantitative estimate of drug-likeness (QED) is 0.722. The van der Waals surface area contributed by atoms with Crippen LogP contribution in [0.4, 0.5) is 0 Å². The summed E-state index contributed by atoms with van der Waals surface area (Å²) in [5, 5.41) is 4.23. The largest absolute Gasteiger partial charge is 0.346 e. The molecule has 3 nitrogen and oxygen atoms in total. The Morgan fingerprint density at radius 1 is 1.04 bits per heavy atom. The molecule has 1 aliphatic rings. The monoisotopic (exact) mass is 328 g/mol. The van der Waals surface area contributed by atoms with E-state index >= 15 is 0 Å². The van der Waals surface area contributed by atoms with Crippen LogP contribution >= 0.6 is 0 Å². The summed E-state index contributed by atoms with van der Waals surface area (Å²) in [6, 6.07) is 20.4. The van der Waals surface area contributed by atoms with Crippen molar-refractivity contribution >= 4 is 22.9 Å². The highest BCUT2D eigenvalue weighted by Crippen LogP contribution is 2.29. The summed E-state index contributed by atoms with van der Waals surface area (Å²) in [7, 11) is 0. The number of aryl methyl sites for hydroxylation is 1. The molecule has 1 aliphatic carbocycles. The van der Waals surface area contributed by atoms with Gasteiger partial charge in [0.1, 0.15) is 0 Å². The number of para-hydroxylation sites is 1. The van der Waals surface area contributed by atoms with Crippen molar-refractivity contribution < 1.29 is 4.79 Å². The van der Waals surface area contributed by atoms with Crippen molar-refractivity contribution in [2.24, 2.45) is 0 Å². The topological polar surface area (TPSA) is 42.0 Å². The minimum atomic E-state index is -0.0725. The third-order valence-corrected chi connectivity index (χ3v) is 4.71. The zero-order valence-electron chi connectivity index (χ0n) is 14.0. The fourth-order valence-corrected chi connectivity index (χ4v) is 3.46. The molecule has 1 atom stereocenters. The summed E-state index contributed by atoms with van der Waals surface area (Å²) in [4.78, 5) is 16.9. The van der Waals surface area contributed by atoms with Crippen LogP contribution in [0.3, 0.4) is 0 Å². The lowest BCUT2D eigenvalue weighted by molar-refractivity contribution is -0.117. The summed E-state index contributed by atoms with van der Waals surface area (Å²) in [5.41, 5.74) is 4.32. The number of carbonyl (C=O) groups excluding carboxylic acids is 1. The third kappa shape index (κ3) is 3.45. The molecular weight excluding hydrogens is 308 g/mol. The van der Waals surface area contributed by atoms with E-state index in [1.807, 2.05) is 42.5 Å². The SMILES string of the molecule is O=C(/C=C/c1ccc2ccccc2n1)N[C@H]1CCCc2ccccc21. The van der Waals surface area contributed by atoms with Crippen LogP contribution in [-0.4, -0.2) is 10.9 Å². The Morgan fingerprint density at radius 3 is 2.84 bits per heavy atom. The number of rotatable bonds is 3. The average molecular weight is 328 g/mol. The molecular formula is C22H20N2O. The van der Waals surface area contributed by atoms with Crippen LogP contribution in [0.5, 0.6) is 0 Å². The van der Waals surface area contributed by atoms with Crippen LogP contribution in [0.15, 0.2) is 66.7 Å². The van der Waals surface area contributed by atoms with E-state index in [1.165, 1.54) is 11.1 Å². The van der Waals surface area contributed by atoms with Crippen LogP contribution in [-0.2, 0) is 11.2 Å². The molecule has 1 amide bonds. The third-order valence-electron chi connectivity index (χ3n) is 4.71. The van der Waals surface area contributed by atoms with Crippen LogP contribution in [0.2, 0.25) is 0 Å². The van der Waals surface area contributed by atoms with Crippen molar-refractivity contribution in [1.29, 1.82) is 0 Å². The van der Waals surface area contributed by atoms with Gasteiger partial charge in [-0.2, -0.15) is 0 Å². The molecule has 3 heteroatoms. The molecule has 124 valence electrons. The first kappa shape index (κ1) is 15.6. The Bertz CT molecular complexity index is 945. The Kier molecular flexibility index (Phi) is 4.30. The minimum Gasteiger partial charge on any atom is -0.346 e. The molecule has 0 unspecified atom stereocenters. The van der Waals surface area contributed by atoms with Gasteiger partial charge in [-0.05, 0) is 48.6 Å². The number of fused-ring (bicyclic) bond motifs is 2. The molecule has 0 fully saturated rings. The van der Waals surface area contributed by atoms with E-state index < -0.39 is 0 Å². The van der Waals surface area contributed by atoms with Crippen LogP contribution in [0.1, 0.15) is 35.7 Å². The highest BCUT2D eigenvalue weighted by molar-refractivity contribution is 5.92. The highest BCUT2D eigenvalue weighted by Gasteiger charge is 2.20. The van der Waals surface area contributed by atoms with Gasteiger partial charge in [0.25, 0.3) is 0 Å². The number of hydrogen-bond acceptors (Lipinski definition) is 2. The molecule has 0 aliphatic heterocycles. The number of carbonyl (C=O) groups is 1. The highest BCUT2D eigenvalue weighted by atomic mass is 16.1. The number of benzene rings is 2. The van der Waals surface area contributed by atoms with E-state index in [9.17, 15) is 4.79 Å². The Morgan fingerprint density at radius 2 is 1.88 bits per heavy atom. The van der Waals surface area contributed by atoms with Crippen molar-refractivity contribution in [1.82, 2.24) is 10.3 Å². The molecule has 4 rings (SSSR count). The molecule has 0 spiro atoms. The summed E-state index contributed by atoms with van der Waals surface area (Å²) >= 11 is 0. The Labute approximate surface area is 147 Å². The van der Waals surface area contributed by atoms with Gasteiger partial charge in [-0.25, -0.2) is 4.98 Å². The van der Waals surface area contributed by atoms with E-state index in [1.54, 1.807) is 12.2 Å². The van der Waals surface area contributed by atoms with Gasteiger partial charge in [0.2, 0.25) is 5.91 Å². The molecule has 0 radical (unpaired) electrons. The number of amides is 1. The van der Waals surface area contributed by atoms with Crippen molar-refractivity contribution in [2.75, 3.05) is 0 Å². The summed E-state index contributed by atoms with van der Waals surface area (Å²) in [6.45, 7) is 0. The second kappa shape index (κ2) is 6.89. The van der Waals surface area contributed by atoms with Crippen LogP contribution in [0.25, 0.3) is 17.0 Å². The zero-order valence-corrected chi connectivity index (χ0v) is 14.0. The van der Waals surface area contributed by atoms with Crippen molar-refractivity contribution in [3.8, 4) is 0 Å². The molecule has 1 aromatic heterocycles. The number of pyridine rings is 1. The van der Waals surface area contributed by atoms with Crippen molar-refractivity contribution in [3.05, 3.63) is 83.6 Å². The summed E-state index contributed by atoms with van der Waals surface area (Å²) in [5.74, 6) is -0.0725. The molecule has 1 heterocycles. The van der Waals surface area contributed by atoms with Gasteiger partial charge in [0, 0.05) is 11.5 Å². The van der Waals surface area contributed by atoms with Gasteiger partial charge < -0.3 is 5.32 Å². The fourth-order valence-electron chi connectivity index (χ4n) is 3.46. The van der Waals surface area contributed by atoms with E-state index in [-0.39, 0.29) is 11.9 Å². The second-order valence-electron chi connectivity index (χ2n) is 6.41. The summed E-state index contributed by atoms with van der Waals surface area (Å²) < 4.78 is 0. The molecule has 3 aromatic rings. The van der Waals surface area contributed by atoms with Gasteiger partial charge in [-0.15, -0.1) is 0 Å². The predicted octanol–water partition coefficient (Wildman–Crippen LogP) is 4.44. The van der Waals surface area contributed by atoms with E-state index in [0.29, 0.717) is 0 Å². The van der Waals surface area contributed by atoms with Gasteiger partial charge in [-0.3, -0.25) is 4.79 Å². The fraction of sp³-hybridized carbons (Fsp3) is 0.182. The number of aromatic nitrogens is 1. The first-order valence-electron chi connectivity index (χ1n) is 8.72. The smallest absolute Gasteiger partial charge is 0.244 e.